The minimum Gasteiger partial charge on any atom is -0.361 e. The quantitative estimate of drug-likeness (QED) is 0.819. The zero-order valence-electron chi connectivity index (χ0n) is 16.6. The van der Waals surface area contributed by atoms with Gasteiger partial charge in [-0.1, -0.05) is 0 Å². The van der Waals surface area contributed by atoms with E-state index in [2.05, 4.69) is 20.0 Å². The summed E-state index contributed by atoms with van der Waals surface area (Å²) in [5.41, 5.74) is -0.00984. The number of aromatic nitrogens is 2. The standard InChI is InChI=1S/C21H31N5O/c1-24(2)18-3-4-19(23-22-18)25-5-7-26(8-6-25)20(27)21-12-15-9-16(13-21)11-17(10-15)14-21/h3-4,15-17H,5-14H2,1-2H3. The molecule has 0 radical (unpaired) electrons. The van der Waals surface area contributed by atoms with Crippen LogP contribution in [0, 0.1) is 23.2 Å². The topological polar surface area (TPSA) is 52.6 Å². The van der Waals surface area contributed by atoms with E-state index in [1.165, 1.54) is 19.3 Å². The van der Waals surface area contributed by atoms with E-state index in [-0.39, 0.29) is 5.41 Å². The molecule has 1 aliphatic heterocycles. The summed E-state index contributed by atoms with van der Waals surface area (Å²) in [4.78, 5) is 19.9. The lowest BCUT2D eigenvalue weighted by atomic mass is 9.49. The zero-order chi connectivity index (χ0) is 18.6. The van der Waals surface area contributed by atoms with Crippen LogP contribution < -0.4 is 9.80 Å². The van der Waals surface area contributed by atoms with Crippen molar-refractivity contribution in [3.05, 3.63) is 12.1 Å². The SMILES string of the molecule is CN(C)c1ccc(N2CCN(C(=O)C34CC5CC(CC(C5)C3)C4)CC2)nn1. The highest BCUT2D eigenvalue weighted by molar-refractivity contribution is 5.83. The van der Waals surface area contributed by atoms with E-state index in [0.29, 0.717) is 5.91 Å². The molecule has 2 heterocycles. The van der Waals surface area contributed by atoms with Crippen LogP contribution in [0.5, 0.6) is 0 Å². The number of hydrogen-bond donors (Lipinski definition) is 0. The third-order valence-corrected chi connectivity index (χ3v) is 7.48. The fourth-order valence-corrected chi connectivity index (χ4v) is 6.57. The molecule has 0 unspecified atom stereocenters. The van der Waals surface area contributed by atoms with Crippen molar-refractivity contribution in [3.8, 4) is 0 Å². The third-order valence-electron chi connectivity index (χ3n) is 7.48. The Morgan fingerprint density at radius 3 is 2.04 bits per heavy atom. The average molecular weight is 370 g/mol. The Morgan fingerprint density at radius 2 is 1.56 bits per heavy atom. The monoisotopic (exact) mass is 369 g/mol. The van der Waals surface area contributed by atoms with Crippen molar-refractivity contribution in [2.75, 3.05) is 50.1 Å². The molecule has 5 aliphatic rings. The van der Waals surface area contributed by atoms with Crippen molar-refractivity contribution >= 4 is 17.5 Å². The summed E-state index contributed by atoms with van der Waals surface area (Å²) in [6.07, 6.45) is 7.66. The van der Waals surface area contributed by atoms with E-state index in [1.807, 2.05) is 31.1 Å². The first-order chi connectivity index (χ1) is 13.0. The molecular formula is C21H31N5O. The van der Waals surface area contributed by atoms with Crippen molar-refractivity contribution in [1.29, 1.82) is 0 Å². The zero-order valence-corrected chi connectivity index (χ0v) is 16.6. The van der Waals surface area contributed by atoms with Crippen LogP contribution in [-0.4, -0.2) is 61.3 Å². The van der Waals surface area contributed by atoms with Gasteiger partial charge in [-0.15, -0.1) is 10.2 Å². The molecular weight excluding hydrogens is 338 g/mol. The minimum atomic E-state index is -0.00984. The highest BCUT2D eigenvalue weighted by Crippen LogP contribution is 2.60. The molecule has 27 heavy (non-hydrogen) atoms. The Balaban J connectivity index is 1.23. The molecule has 1 saturated heterocycles. The molecule has 146 valence electrons. The van der Waals surface area contributed by atoms with Gasteiger partial charge in [0.1, 0.15) is 0 Å². The molecule has 0 N–H and O–H groups in total. The van der Waals surface area contributed by atoms with Gasteiger partial charge in [-0.3, -0.25) is 4.79 Å². The number of carbonyl (C=O) groups is 1. The number of nitrogens with zero attached hydrogens (tertiary/aromatic N) is 5. The molecule has 6 rings (SSSR count). The highest BCUT2D eigenvalue weighted by Gasteiger charge is 2.55. The summed E-state index contributed by atoms with van der Waals surface area (Å²) in [6.45, 7) is 3.34. The van der Waals surface area contributed by atoms with E-state index in [9.17, 15) is 4.79 Å². The van der Waals surface area contributed by atoms with E-state index in [1.54, 1.807) is 0 Å². The van der Waals surface area contributed by atoms with Gasteiger partial charge < -0.3 is 14.7 Å². The summed E-state index contributed by atoms with van der Waals surface area (Å²) >= 11 is 0. The van der Waals surface area contributed by atoms with E-state index >= 15 is 0 Å². The molecule has 0 aromatic carbocycles. The third kappa shape index (κ3) is 2.97. The van der Waals surface area contributed by atoms with E-state index in [0.717, 1.165) is 74.8 Å². The number of rotatable bonds is 3. The van der Waals surface area contributed by atoms with Crippen LogP contribution >= 0.6 is 0 Å². The van der Waals surface area contributed by atoms with Crippen LogP contribution in [0.15, 0.2) is 12.1 Å². The molecule has 4 saturated carbocycles. The Labute approximate surface area is 161 Å². The molecule has 4 aliphatic carbocycles. The number of piperazine rings is 1. The lowest BCUT2D eigenvalue weighted by molar-refractivity contribution is -0.158. The minimum absolute atomic E-state index is 0.00984. The van der Waals surface area contributed by atoms with Crippen molar-refractivity contribution in [1.82, 2.24) is 15.1 Å². The second-order valence-corrected chi connectivity index (χ2v) is 9.62. The van der Waals surface area contributed by atoms with Crippen molar-refractivity contribution in [3.63, 3.8) is 0 Å². The molecule has 6 nitrogen and oxygen atoms in total. The summed E-state index contributed by atoms with van der Waals surface area (Å²) in [6, 6.07) is 4.05. The van der Waals surface area contributed by atoms with Gasteiger partial charge in [0.15, 0.2) is 11.6 Å². The van der Waals surface area contributed by atoms with Crippen LogP contribution in [0.25, 0.3) is 0 Å². The lowest BCUT2D eigenvalue weighted by Gasteiger charge is -2.57. The Morgan fingerprint density at radius 1 is 0.963 bits per heavy atom. The molecule has 4 bridgehead atoms. The van der Waals surface area contributed by atoms with Gasteiger partial charge in [0.05, 0.1) is 5.41 Å². The smallest absolute Gasteiger partial charge is 0.228 e. The summed E-state index contributed by atoms with van der Waals surface area (Å²) in [7, 11) is 3.94. The first kappa shape index (κ1) is 17.3. The van der Waals surface area contributed by atoms with Crippen molar-refractivity contribution < 1.29 is 4.79 Å². The van der Waals surface area contributed by atoms with E-state index < -0.39 is 0 Å². The van der Waals surface area contributed by atoms with Crippen LogP contribution in [-0.2, 0) is 4.79 Å². The number of amides is 1. The van der Waals surface area contributed by atoms with Crippen LogP contribution in [0.2, 0.25) is 0 Å². The van der Waals surface area contributed by atoms with Gasteiger partial charge in [-0.25, -0.2) is 0 Å². The van der Waals surface area contributed by atoms with Gasteiger partial charge >= 0.3 is 0 Å². The maximum atomic E-state index is 13.5. The number of anilines is 2. The molecule has 0 spiro atoms. The first-order valence-corrected chi connectivity index (χ1v) is 10.6. The molecule has 1 aromatic heterocycles. The van der Waals surface area contributed by atoms with Crippen molar-refractivity contribution in [2.45, 2.75) is 38.5 Å². The maximum Gasteiger partial charge on any atom is 0.228 e. The van der Waals surface area contributed by atoms with E-state index in [4.69, 9.17) is 0 Å². The largest absolute Gasteiger partial charge is 0.361 e. The van der Waals surface area contributed by atoms with Crippen LogP contribution in [0.1, 0.15) is 38.5 Å². The molecule has 0 atom stereocenters. The molecule has 1 amide bonds. The van der Waals surface area contributed by atoms with Crippen LogP contribution in [0.3, 0.4) is 0 Å². The molecule has 1 aromatic rings. The second-order valence-electron chi connectivity index (χ2n) is 9.62. The highest BCUT2D eigenvalue weighted by atomic mass is 16.2. The Kier molecular flexibility index (Phi) is 4.06. The maximum absolute atomic E-state index is 13.5. The van der Waals surface area contributed by atoms with Crippen molar-refractivity contribution in [2.24, 2.45) is 23.2 Å². The number of carbonyl (C=O) groups excluding carboxylic acids is 1. The fraction of sp³-hybridized carbons (Fsp3) is 0.762. The predicted octanol–water partition coefficient (Wildman–Crippen LogP) is 2.41. The average Bonchev–Trinajstić information content (AvgIpc) is 2.66. The summed E-state index contributed by atoms with van der Waals surface area (Å²) < 4.78 is 0. The Bertz CT molecular complexity index is 673. The van der Waals surface area contributed by atoms with Crippen LogP contribution in [0.4, 0.5) is 11.6 Å². The van der Waals surface area contributed by atoms with Gasteiger partial charge in [-0.05, 0) is 68.4 Å². The van der Waals surface area contributed by atoms with Gasteiger partial charge in [-0.2, -0.15) is 0 Å². The summed E-state index contributed by atoms with van der Waals surface area (Å²) in [5, 5.41) is 8.67. The molecule has 6 heteroatoms. The summed E-state index contributed by atoms with van der Waals surface area (Å²) in [5.74, 6) is 4.73. The predicted molar refractivity (Wildman–Crippen MR) is 106 cm³/mol. The normalized spacial score (nSPS) is 34.8. The molecule has 5 fully saturated rings. The van der Waals surface area contributed by atoms with Gasteiger partial charge in [0.2, 0.25) is 5.91 Å². The second kappa shape index (κ2) is 6.35. The fourth-order valence-electron chi connectivity index (χ4n) is 6.57. The van der Waals surface area contributed by atoms with Gasteiger partial charge in [0, 0.05) is 40.3 Å². The first-order valence-electron chi connectivity index (χ1n) is 10.6. The van der Waals surface area contributed by atoms with Gasteiger partial charge in [0.25, 0.3) is 0 Å². The Hall–Kier alpha value is -1.85. The lowest BCUT2D eigenvalue weighted by Crippen LogP contribution is -2.58. The number of hydrogen-bond acceptors (Lipinski definition) is 5.